The van der Waals surface area contributed by atoms with Crippen LogP contribution < -0.4 is 10.6 Å². The predicted octanol–water partition coefficient (Wildman–Crippen LogP) is 3.53. The van der Waals surface area contributed by atoms with Crippen molar-refractivity contribution in [1.82, 2.24) is 5.32 Å². The molecule has 2 aromatic rings. The highest BCUT2D eigenvalue weighted by Gasteiger charge is 2.51. The third-order valence-corrected chi connectivity index (χ3v) is 4.11. The molecule has 1 saturated carbocycles. The number of anilines is 1. The van der Waals surface area contributed by atoms with E-state index in [9.17, 15) is 14.0 Å². The smallest absolute Gasteiger partial charge is 0.408 e. The van der Waals surface area contributed by atoms with Crippen molar-refractivity contribution in [3.05, 3.63) is 65.5 Å². The molecule has 0 heterocycles. The van der Waals surface area contributed by atoms with Crippen molar-refractivity contribution in [2.24, 2.45) is 0 Å². The minimum absolute atomic E-state index is 0.0985. The maximum Gasteiger partial charge on any atom is 0.408 e. The zero-order valence-corrected chi connectivity index (χ0v) is 13.8. The van der Waals surface area contributed by atoms with E-state index < -0.39 is 23.4 Å². The van der Waals surface area contributed by atoms with Crippen LogP contribution in [0.1, 0.15) is 24.0 Å². The number of hydrogen-bond acceptors (Lipinski definition) is 3. The Kier molecular flexibility index (Phi) is 4.70. The van der Waals surface area contributed by atoms with E-state index in [1.165, 1.54) is 12.1 Å². The van der Waals surface area contributed by atoms with Crippen LogP contribution in [0.2, 0.25) is 0 Å². The maximum absolute atomic E-state index is 13.9. The minimum atomic E-state index is -1.02. The molecule has 1 aliphatic carbocycles. The van der Waals surface area contributed by atoms with Crippen LogP contribution >= 0.6 is 0 Å². The third-order valence-electron chi connectivity index (χ3n) is 4.11. The van der Waals surface area contributed by atoms with E-state index in [0.29, 0.717) is 12.8 Å². The van der Waals surface area contributed by atoms with Gasteiger partial charge in [0.15, 0.2) is 0 Å². The molecule has 1 aliphatic rings. The van der Waals surface area contributed by atoms with Crippen molar-refractivity contribution >= 4 is 17.7 Å². The molecular weight excluding hydrogens is 323 g/mol. The molecule has 25 heavy (non-hydrogen) atoms. The molecule has 2 aromatic carbocycles. The summed E-state index contributed by atoms with van der Waals surface area (Å²) in [5, 5.41) is 5.13. The number of nitrogens with one attached hydrogen (secondary N) is 2. The second-order valence-corrected chi connectivity index (χ2v) is 6.21. The number of amides is 2. The lowest BCUT2D eigenvalue weighted by molar-refractivity contribution is -0.119. The summed E-state index contributed by atoms with van der Waals surface area (Å²) in [5.74, 6) is -0.942. The van der Waals surface area contributed by atoms with Crippen molar-refractivity contribution in [3.63, 3.8) is 0 Å². The van der Waals surface area contributed by atoms with Gasteiger partial charge < -0.3 is 15.4 Å². The predicted molar refractivity (Wildman–Crippen MR) is 91.5 cm³/mol. The van der Waals surface area contributed by atoms with Crippen molar-refractivity contribution < 1.29 is 18.7 Å². The van der Waals surface area contributed by atoms with Gasteiger partial charge in [0.25, 0.3) is 0 Å². The zero-order chi connectivity index (χ0) is 17.9. The van der Waals surface area contributed by atoms with Crippen LogP contribution in [0.4, 0.5) is 14.9 Å². The Bertz CT molecular complexity index is 789. The van der Waals surface area contributed by atoms with E-state index >= 15 is 0 Å². The number of rotatable bonds is 5. The summed E-state index contributed by atoms with van der Waals surface area (Å²) >= 11 is 0. The number of benzene rings is 2. The van der Waals surface area contributed by atoms with Crippen LogP contribution in [-0.4, -0.2) is 17.5 Å². The molecule has 6 heteroatoms. The number of carbonyl (C=O) groups excluding carboxylic acids is 2. The van der Waals surface area contributed by atoms with E-state index in [1.54, 1.807) is 13.0 Å². The summed E-state index contributed by atoms with van der Waals surface area (Å²) in [4.78, 5) is 24.3. The van der Waals surface area contributed by atoms with Gasteiger partial charge in [-0.3, -0.25) is 4.79 Å². The molecule has 5 nitrogen and oxygen atoms in total. The van der Waals surface area contributed by atoms with Crippen LogP contribution in [0.3, 0.4) is 0 Å². The van der Waals surface area contributed by atoms with E-state index in [-0.39, 0.29) is 12.3 Å². The molecule has 130 valence electrons. The Balaban J connectivity index is 1.56. The first-order chi connectivity index (χ1) is 12.0. The first kappa shape index (κ1) is 17.0. The fourth-order valence-electron chi connectivity index (χ4n) is 2.45. The van der Waals surface area contributed by atoms with Crippen molar-refractivity contribution in [2.45, 2.75) is 31.9 Å². The van der Waals surface area contributed by atoms with Crippen LogP contribution in [0.15, 0.2) is 48.5 Å². The van der Waals surface area contributed by atoms with Crippen LogP contribution in [0.25, 0.3) is 0 Å². The van der Waals surface area contributed by atoms with Gasteiger partial charge in [-0.05, 0) is 43.0 Å². The van der Waals surface area contributed by atoms with Gasteiger partial charge in [-0.1, -0.05) is 36.4 Å². The van der Waals surface area contributed by atoms with Crippen molar-refractivity contribution in [3.8, 4) is 0 Å². The average Bonchev–Trinajstić information content (AvgIpc) is 3.37. The minimum Gasteiger partial charge on any atom is -0.445 e. The SMILES string of the molecule is Cc1ccc(NC(=O)C2(NC(=O)OCc3ccccc3)CC2)c(F)c1. The third kappa shape index (κ3) is 4.15. The van der Waals surface area contributed by atoms with Crippen molar-refractivity contribution in [1.29, 1.82) is 0 Å². The summed E-state index contributed by atoms with van der Waals surface area (Å²) in [6, 6.07) is 13.8. The maximum atomic E-state index is 13.9. The van der Waals surface area contributed by atoms with E-state index in [4.69, 9.17) is 4.74 Å². The first-order valence-electron chi connectivity index (χ1n) is 8.05. The number of ether oxygens (including phenoxy) is 1. The first-order valence-corrected chi connectivity index (χ1v) is 8.05. The Morgan fingerprint density at radius 3 is 2.52 bits per heavy atom. The summed E-state index contributed by atoms with van der Waals surface area (Å²) < 4.78 is 19.0. The molecule has 2 amide bonds. The molecule has 0 aromatic heterocycles. The average molecular weight is 342 g/mol. The number of carbonyl (C=O) groups is 2. The molecule has 0 spiro atoms. The summed E-state index contributed by atoms with van der Waals surface area (Å²) in [7, 11) is 0. The molecule has 0 saturated heterocycles. The second kappa shape index (κ2) is 6.93. The number of aryl methyl sites for hydroxylation is 1. The lowest BCUT2D eigenvalue weighted by Gasteiger charge is -2.17. The van der Waals surface area contributed by atoms with Crippen molar-refractivity contribution in [2.75, 3.05) is 5.32 Å². The topological polar surface area (TPSA) is 67.4 Å². The van der Waals surface area contributed by atoms with Gasteiger partial charge in [-0.25, -0.2) is 9.18 Å². The fraction of sp³-hybridized carbons (Fsp3) is 0.263. The largest absolute Gasteiger partial charge is 0.445 e. The fourth-order valence-corrected chi connectivity index (χ4v) is 2.45. The molecule has 0 radical (unpaired) electrons. The lowest BCUT2D eigenvalue weighted by atomic mass is 10.2. The van der Waals surface area contributed by atoms with Gasteiger partial charge >= 0.3 is 6.09 Å². The molecule has 0 atom stereocenters. The Labute approximate surface area is 145 Å². The number of hydrogen-bond donors (Lipinski definition) is 2. The number of alkyl carbamates (subject to hydrolysis) is 1. The highest BCUT2D eigenvalue weighted by Crippen LogP contribution is 2.37. The van der Waals surface area contributed by atoms with Crippen LogP contribution in [-0.2, 0) is 16.1 Å². The quantitative estimate of drug-likeness (QED) is 0.873. The van der Waals surface area contributed by atoms with Gasteiger partial charge in [0.05, 0.1) is 5.69 Å². The highest BCUT2D eigenvalue weighted by molar-refractivity contribution is 6.02. The van der Waals surface area contributed by atoms with E-state index in [1.807, 2.05) is 30.3 Å². The highest BCUT2D eigenvalue weighted by atomic mass is 19.1. The summed E-state index contributed by atoms with van der Waals surface area (Å²) in [5.41, 5.74) is 0.694. The van der Waals surface area contributed by atoms with Gasteiger partial charge in [-0.2, -0.15) is 0 Å². The summed E-state index contributed by atoms with van der Waals surface area (Å²) in [6.45, 7) is 1.89. The molecule has 2 N–H and O–H groups in total. The Morgan fingerprint density at radius 2 is 1.88 bits per heavy atom. The van der Waals surface area contributed by atoms with Gasteiger partial charge in [-0.15, -0.1) is 0 Å². The molecule has 0 aliphatic heterocycles. The molecule has 0 bridgehead atoms. The van der Waals surface area contributed by atoms with E-state index in [0.717, 1.165) is 11.1 Å². The number of halogens is 1. The van der Waals surface area contributed by atoms with Gasteiger partial charge in [0.1, 0.15) is 18.0 Å². The normalized spacial score (nSPS) is 14.5. The van der Waals surface area contributed by atoms with Gasteiger partial charge in [0.2, 0.25) is 5.91 Å². The van der Waals surface area contributed by atoms with Gasteiger partial charge in [0, 0.05) is 0 Å². The molecule has 0 unspecified atom stereocenters. The molecule has 3 rings (SSSR count). The standard InChI is InChI=1S/C19H19FN2O3/c1-13-7-8-16(15(20)11-13)21-17(23)19(9-10-19)22-18(24)25-12-14-5-3-2-4-6-14/h2-8,11H,9-10,12H2,1H3,(H,21,23)(H,22,24). The Hall–Kier alpha value is -2.89. The zero-order valence-electron chi connectivity index (χ0n) is 13.8. The summed E-state index contributed by atoms with van der Waals surface area (Å²) in [6.07, 6.45) is 0.320. The monoisotopic (exact) mass is 342 g/mol. The van der Waals surface area contributed by atoms with Crippen LogP contribution in [0.5, 0.6) is 0 Å². The lowest BCUT2D eigenvalue weighted by Crippen LogP contribution is -2.46. The molecular formula is C19H19FN2O3. The van der Waals surface area contributed by atoms with E-state index in [2.05, 4.69) is 10.6 Å². The second-order valence-electron chi connectivity index (χ2n) is 6.21. The molecule has 1 fully saturated rings. The Morgan fingerprint density at radius 1 is 1.16 bits per heavy atom. The van der Waals surface area contributed by atoms with Crippen LogP contribution in [0, 0.1) is 12.7 Å².